The fourth-order valence-electron chi connectivity index (χ4n) is 4.71. The minimum absolute atomic E-state index is 0.00143. The fourth-order valence-corrected chi connectivity index (χ4v) is 6.31. The third kappa shape index (κ3) is 6.15. The Labute approximate surface area is 215 Å². The number of rotatable bonds is 9. The van der Waals surface area contributed by atoms with E-state index < -0.39 is 64.8 Å². The third-order valence-corrected chi connectivity index (χ3v) is 8.78. The molecule has 2 aromatic rings. The van der Waals surface area contributed by atoms with Crippen molar-refractivity contribution in [3.63, 3.8) is 0 Å². The molecule has 11 heteroatoms. The van der Waals surface area contributed by atoms with Crippen LogP contribution in [-0.2, 0) is 25.2 Å². The summed E-state index contributed by atoms with van der Waals surface area (Å²) in [6.07, 6.45) is 3.36. The van der Waals surface area contributed by atoms with Crippen molar-refractivity contribution < 1.29 is 26.8 Å². The highest BCUT2D eigenvalue weighted by molar-refractivity contribution is 7.89. The smallest absolute Gasteiger partial charge is 0.251 e. The van der Waals surface area contributed by atoms with Crippen LogP contribution in [0.1, 0.15) is 51.5 Å². The van der Waals surface area contributed by atoms with E-state index in [1.54, 1.807) is 24.5 Å². The fraction of sp³-hybridized carbons (Fsp3) is 0.500. The van der Waals surface area contributed by atoms with Crippen LogP contribution in [0.15, 0.2) is 59.8 Å². The van der Waals surface area contributed by atoms with Crippen molar-refractivity contribution in [1.29, 1.82) is 0 Å². The van der Waals surface area contributed by atoms with Crippen LogP contribution in [0.3, 0.4) is 0 Å². The molecule has 2 atom stereocenters. The van der Waals surface area contributed by atoms with Gasteiger partial charge in [0.25, 0.3) is 5.92 Å². The zero-order valence-electron chi connectivity index (χ0n) is 20.9. The molecule has 0 bridgehead atoms. The van der Waals surface area contributed by atoms with Crippen molar-refractivity contribution in [2.45, 2.75) is 74.4 Å². The van der Waals surface area contributed by atoms with E-state index in [1.807, 2.05) is 19.9 Å². The molecule has 1 saturated heterocycles. The van der Waals surface area contributed by atoms with Gasteiger partial charge in [-0.1, -0.05) is 38.1 Å². The molecule has 4 rings (SSSR count). The van der Waals surface area contributed by atoms with Crippen molar-refractivity contribution in [1.82, 2.24) is 19.9 Å². The molecule has 2 heterocycles. The van der Waals surface area contributed by atoms with E-state index >= 15 is 0 Å². The van der Waals surface area contributed by atoms with Gasteiger partial charge in [-0.2, -0.15) is 4.31 Å². The minimum atomic E-state index is -4.21. The quantitative estimate of drug-likeness (QED) is 0.514. The highest BCUT2D eigenvalue weighted by atomic mass is 32.2. The molecule has 2 fully saturated rings. The molecule has 1 saturated carbocycles. The monoisotopic (exact) mass is 534 g/mol. The van der Waals surface area contributed by atoms with Gasteiger partial charge in [-0.3, -0.25) is 14.6 Å². The predicted molar refractivity (Wildman–Crippen MR) is 133 cm³/mol. The van der Waals surface area contributed by atoms with E-state index in [9.17, 15) is 26.8 Å². The van der Waals surface area contributed by atoms with Crippen LogP contribution in [0.2, 0.25) is 0 Å². The first kappa shape index (κ1) is 27.1. The number of halogens is 2. The predicted octanol–water partition coefficient (Wildman–Crippen LogP) is 3.21. The number of carbonyl (C=O) groups is 2. The number of carbonyl (C=O) groups excluding carboxylic acids is 2. The molecule has 8 nitrogen and oxygen atoms in total. The SMILES string of the molecule is CC(C)C[C@@H](NC(=O)[C@@H]1CC(F)(F)CCN1S(=O)(=O)c1ccccc1)C(=O)NC1(c2cccnc2)CC1. The summed E-state index contributed by atoms with van der Waals surface area (Å²) in [6, 6.07) is 8.40. The Balaban J connectivity index is 1.56. The lowest BCUT2D eigenvalue weighted by molar-refractivity contribution is -0.136. The Kier molecular flexibility index (Phi) is 7.66. The van der Waals surface area contributed by atoms with Crippen LogP contribution in [0, 0.1) is 5.92 Å². The molecule has 0 radical (unpaired) electrons. The lowest BCUT2D eigenvalue weighted by Crippen LogP contribution is -2.59. The molecule has 2 aliphatic rings. The molecule has 1 aromatic heterocycles. The van der Waals surface area contributed by atoms with Crippen LogP contribution in [0.5, 0.6) is 0 Å². The van der Waals surface area contributed by atoms with E-state index in [4.69, 9.17) is 0 Å². The van der Waals surface area contributed by atoms with Gasteiger partial charge in [0.1, 0.15) is 12.1 Å². The summed E-state index contributed by atoms with van der Waals surface area (Å²) in [4.78, 5) is 30.7. The number of benzene rings is 1. The number of alkyl halides is 2. The van der Waals surface area contributed by atoms with Gasteiger partial charge in [-0.05, 0) is 48.9 Å². The number of sulfonamides is 1. The normalized spacial score (nSPS) is 21.7. The Morgan fingerprint density at radius 1 is 1.11 bits per heavy atom. The van der Waals surface area contributed by atoms with E-state index in [-0.39, 0.29) is 17.2 Å². The van der Waals surface area contributed by atoms with Gasteiger partial charge in [0.2, 0.25) is 21.8 Å². The number of aromatic nitrogens is 1. The Hall–Kier alpha value is -2.92. The molecule has 0 unspecified atom stereocenters. The summed E-state index contributed by atoms with van der Waals surface area (Å²) < 4.78 is 56.2. The molecule has 2 amide bonds. The second kappa shape index (κ2) is 10.4. The summed E-state index contributed by atoms with van der Waals surface area (Å²) in [7, 11) is -4.21. The number of piperidine rings is 1. The van der Waals surface area contributed by atoms with Gasteiger partial charge in [0.05, 0.1) is 10.4 Å². The van der Waals surface area contributed by atoms with Crippen molar-refractivity contribution in [2.24, 2.45) is 5.92 Å². The maximum Gasteiger partial charge on any atom is 0.251 e. The summed E-state index contributed by atoms with van der Waals surface area (Å²) in [5.41, 5.74) is 0.274. The zero-order valence-corrected chi connectivity index (χ0v) is 21.7. The standard InChI is InChI=1S/C26H32F2N4O4S/c1-18(2)15-21(23(33)31-25(10-11-25)19-7-6-13-29-17-19)30-24(34)22-16-26(27,28)12-14-32(22)37(35,36)20-8-4-3-5-9-20/h3-9,13,17-18,21-22H,10-12,14-16H2,1-2H3,(H,30,34)(H,31,33)/t21-,22+/m1/s1. The van der Waals surface area contributed by atoms with Gasteiger partial charge >= 0.3 is 0 Å². The highest BCUT2D eigenvalue weighted by Gasteiger charge is 2.50. The minimum Gasteiger partial charge on any atom is -0.345 e. The molecular formula is C26H32F2N4O4S. The molecule has 2 N–H and O–H groups in total. The molecule has 1 aromatic carbocycles. The molecule has 0 spiro atoms. The summed E-state index contributed by atoms with van der Waals surface area (Å²) >= 11 is 0. The Bertz CT molecular complexity index is 1220. The van der Waals surface area contributed by atoms with Crippen molar-refractivity contribution in [3.8, 4) is 0 Å². The molecule has 37 heavy (non-hydrogen) atoms. The van der Waals surface area contributed by atoms with Gasteiger partial charge in [0, 0.05) is 31.8 Å². The van der Waals surface area contributed by atoms with E-state index in [2.05, 4.69) is 15.6 Å². The first-order valence-electron chi connectivity index (χ1n) is 12.4. The van der Waals surface area contributed by atoms with Crippen molar-refractivity contribution in [2.75, 3.05) is 6.54 Å². The van der Waals surface area contributed by atoms with Crippen LogP contribution >= 0.6 is 0 Å². The first-order chi connectivity index (χ1) is 17.4. The lowest BCUT2D eigenvalue weighted by Gasteiger charge is -2.38. The molecule has 1 aliphatic heterocycles. The Morgan fingerprint density at radius 2 is 1.81 bits per heavy atom. The first-order valence-corrected chi connectivity index (χ1v) is 13.9. The maximum atomic E-state index is 14.4. The topological polar surface area (TPSA) is 108 Å². The van der Waals surface area contributed by atoms with Gasteiger partial charge in [-0.25, -0.2) is 17.2 Å². The lowest BCUT2D eigenvalue weighted by atomic mass is 9.98. The number of hydrogen-bond donors (Lipinski definition) is 2. The Morgan fingerprint density at radius 3 is 2.41 bits per heavy atom. The van der Waals surface area contributed by atoms with E-state index in [0.29, 0.717) is 12.8 Å². The van der Waals surface area contributed by atoms with Crippen molar-refractivity contribution in [3.05, 3.63) is 60.4 Å². The number of nitrogens with zero attached hydrogens (tertiary/aromatic N) is 2. The second-order valence-electron chi connectivity index (χ2n) is 10.3. The average Bonchev–Trinajstić information content (AvgIpc) is 3.64. The van der Waals surface area contributed by atoms with Crippen LogP contribution in [-0.4, -0.2) is 54.1 Å². The maximum absolute atomic E-state index is 14.4. The second-order valence-corrected chi connectivity index (χ2v) is 12.1. The molecule has 1 aliphatic carbocycles. The number of pyridine rings is 1. The largest absolute Gasteiger partial charge is 0.345 e. The molecular weight excluding hydrogens is 502 g/mol. The van der Waals surface area contributed by atoms with Gasteiger partial charge in [-0.15, -0.1) is 0 Å². The summed E-state index contributed by atoms with van der Waals surface area (Å²) in [6.45, 7) is 3.25. The van der Waals surface area contributed by atoms with E-state index in [0.717, 1.165) is 9.87 Å². The van der Waals surface area contributed by atoms with Gasteiger partial charge < -0.3 is 10.6 Å². The van der Waals surface area contributed by atoms with Crippen LogP contribution in [0.25, 0.3) is 0 Å². The van der Waals surface area contributed by atoms with Crippen LogP contribution < -0.4 is 10.6 Å². The summed E-state index contributed by atoms with van der Waals surface area (Å²) in [5, 5.41) is 5.61. The summed E-state index contributed by atoms with van der Waals surface area (Å²) in [5.74, 6) is -4.56. The third-order valence-electron chi connectivity index (χ3n) is 6.86. The number of nitrogens with one attached hydrogen (secondary N) is 2. The molecule has 200 valence electrons. The average molecular weight is 535 g/mol. The zero-order chi connectivity index (χ0) is 26.8. The van der Waals surface area contributed by atoms with Gasteiger partial charge in [0.15, 0.2) is 0 Å². The number of amides is 2. The van der Waals surface area contributed by atoms with Crippen LogP contribution in [0.4, 0.5) is 8.78 Å². The van der Waals surface area contributed by atoms with Crippen molar-refractivity contribution >= 4 is 21.8 Å². The highest BCUT2D eigenvalue weighted by Crippen LogP contribution is 2.45. The number of hydrogen-bond acceptors (Lipinski definition) is 5. The van der Waals surface area contributed by atoms with E-state index in [1.165, 1.54) is 24.3 Å².